The van der Waals surface area contributed by atoms with Crippen molar-refractivity contribution < 1.29 is 17.4 Å². The third-order valence-corrected chi connectivity index (χ3v) is 0.604. The van der Waals surface area contributed by atoms with E-state index in [0.29, 0.717) is 0 Å². The molecule has 0 N–H and O–H groups in total. The Balaban J connectivity index is 0. The van der Waals surface area contributed by atoms with Gasteiger partial charge in [-0.25, -0.2) is 0 Å². The monoisotopic (exact) mass is 123 g/mol. The van der Waals surface area contributed by atoms with Crippen molar-refractivity contribution in [2.24, 2.45) is 0 Å². The Morgan fingerprint density at radius 3 is 2.00 bits per heavy atom. The third kappa shape index (κ3) is 8.82. The molecule has 0 aromatic carbocycles. The minimum Gasteiger partial charge on any atom is -0.343 e. The first kappa shape index (κ1) is 9.73. The normalized spacial score (nSPS) is 7.00. The van der Waals surface area contributed by atoms with Crippen molar-refractivity contribution in [1.29, 1.82) is 0 Å². The molecule has 0 spiro atoms. The van der Waals surface area contributed by atoms with Crippen molar-refractivity contribution in [2.45, 2.75) is 26.2 Å². The van der Waals surface area contributed by atoms with Crippen LogP contribution in [0.1, 0.15) is 26.2 Å². The Labute approximate surface area is 51.1 Å². The van der Waals surface area contributed by atoms with E-state index in [-0.39, 0.29) is 17.4 Å². The van der Waals surface area contributed by atoms with Crippen LogP contribution in [0.15, 0.2) is 0 Å². The van der Waals surface area contributed by atoms with Gasteiger partial charge in [-0.05, 0) is 0 Å². The van der Waals surface area contributed by atoms with Crippen molar-refractivity contribution in [3.05, 3.63) is 6.92 Å². The van der Waals surface area contributed by atoms with E-state index in [2.05, 4.69) is 13.8 Å². The summed E-state index contributed by atoms with van der Waals surface area (Å²) in [5, 5.41) is 0. The fraction of sp³-hybridized carbons (Fsp3) is 0.800. The van der Waals surface area contributed by atoms with Gasteiger partial charge in [0.15, 0.2) is 0 Å². The largest absolute Gasteiger partial charge is 0.343 e. The average molecular weight is 123 g/mol. The predicted molar refractivity (Wildman–Crippen MR) is 24.9 cm³/mol. The van der Waals surface area contributed by atoms with E-state index in [9.17, 15) is 0 Å². The van der Waals surface area contributed by atoms with Gasteiger partial charge in [0, 0.05) is 17.4 Å². The average Bonchev–Trinajstić information content (AvgIpc) is 1.41. The first-order chi connectivity index (χ1) is 2.41. The minimum absolute atomic E-state index is 0. The molecule has 0 atom stereocenters. The molecule has 38 valence electrons. The maximum absolute atomic E-state index is 3.68. The van der Waals surface area contributed by atoms with E-state index < -0.39 is 0 Å². The number of unbranched alkanes of at least 4 members (excludes halogenated alkanes) is 2. The van der Waals surface area contributed by atoms with E-state index in [0.717, 1.165) is 6.42 Å². The number of hydrogen-bond acceptors (Lipinski definition) is 0. The number of rotatable bonds is 2. The molecule has 0 unspecified atom stereocenters. The van der Waals surface area contributed by atoms with Crippen molar-refractivity contribution in [3.8, 4) is 0 Å². The fourth-order valence-electron chi connectivity index (χ4n) is 0.250. The van der Waals surface area contributed by atoms with Crippen LogP contribution in [0, 0.1) is 6.92 Å². The molecule has 0 aromatic heterocycles. The maximum Gasteiger partial charge on any atom is 0 e. The molecule has 0 saturated heterocycles. The standard InChI is InChI=1S/C5H11.Cr/c1-3-5-4-2;/h1,3-5H2,2H3;/q-1;. The van der Waals surface area contributed by atoms with Crippen molar-refractivity contribution in [1.82, 2.24) is 0 Å². The summed E-state index contributed by atoms with van der Waals surface area (Å²) < 4.78 is 0. The Hall–Kier alpha value is 0.532. The van der Waals surface area contributed by atoms with E-state index in [1.807, 2.05) is 0 Å². The fourth-order valence-corrected chi connectivity index (χ4v) is 0.250. The summed E-state index contributed by atoms with van der Waals surface area (Å²) in [6, 6.07) is 0. The third-order valence-electron chi connectivity index (χ3n) is 0.604. The van der Waals surface area contributed by atoms with Crippen LogP contribution in [0.2, 0.25) is 0 Å². The van der Waals surface area contributed by atoms with Crippen LogP contribution in [0.3, 0.4) is 0 Å². The summed E-state index contributed by atoms with van der Waals surface area (Å²) >= 11 is 0. The first-order valence-electron chi connectivity index (χ1n) is 2.21. The maximum atomic E-state index is 3.68. The molecule has 0 radical (unpaired) electrons. The van der Waals surface area contributed by atoms with Crippen LogP contribution < -0.4 is 0 Å². The van der Waals surface area contributed by atoms with Gasteiger partial charge in [-0.1, -0.05) is 19.8 Å². The van der Waals surface area contributed by atoms with Crippen LogP contribution in [0.25, 0.3) is 0 Å². The van der Waals surface area contributed by atoms with Gasteiger partial charge in [-0.3, -0.25) is 0 Å². The van der Waals surface area contributed by atoms with E-state index >= 15 is 0 Å². The summed E-state index contributed by atoms with van der Waals surface area (Å²) in [5.74, 6) is 0. The molecule has 0 aliphatic heterocycles. The van der Waals surface area contributed by atoms with Gasteiger partial charge in [-0.2, -0.15) is 6.42 Å². The Kier molecular flexibility index (Phi) is 14.8. The van der Waals surface area contributed by atoms with Crippen LogP contribution >= 0.6 is 0 Å². The minimum atomic E-state index is 0. The topological polar surface area (TPSA) is 0 Å². The molecule has 0 bridgehead atoms. The summed E-state index contributed by atoms with van der Waals surface area (Å²) in [7, 11) is 0. The van der Waals surface area contributed by atoms with Gasteiger partial charge < -0.3 is 6.92 Å². The second-order valence-electron chi connectivity index (χ2n) is 1.21. The Morgan fingerprint density at radius 1 is 1.50 bits per heavy atom. The second kappa shape index (κ2) is 9.11. The van der Waals surface area contributed by atoms with Gasteiger partial charge in [0.1, 0.15) is 0 Å². The molecule has 0 nitrogen and oxygen atoms in total. The van der Waals surface area contributed by atoms with Crippen LogP contribution in [-0.2, 0) is 17.4 Å². The first-order valence-corrected chi connectivity index (χ1v) is 2.21. The molecule has 0 aliphatic rings. The van der Waals surface area contributed by atoms with Crippen LogP contribution in [-0.4, -0.2) is 0 Å². The summed E-state index contributed by atoms with van der Waals surface area (Å²) in [6.45, 7) is 5.85. The summed E-state index contributed by atoms with van der Waals surface area (Å²) in [6.07, 6.45) is 3.65. The van der Waals surface area contributed by atoms with Gasteiger partial charge in [0.25, 0.3) is 0 Å². The van der Waals surface area contributed by atoms with E-state index in [4.69, 9.17) is 0 Å². The second-order valence-corrected chi connectivity index (χ2v) is 1.21. The molecule has 0 aliphatic carbocycles. The molecule has 0 saturated carbocycles. The Bertz CT molecular complexity index is 11.4. The van der Waals surface area contributed by atoms with Crippen LogP contribution in [0.4, 0.5) is 0 Å². The van der Waals surface area contributed by atoms with Gasteiger partial charge in [-0.15, -0.1) is 0 Å². The summed E-state index contributed by atoms with van der Waals surface area (Å²) in [4.78, 5) is 0. The van der Waals surface area contributed by atoms with Gasteiger partial charge >= 0.3 is 0 Å². The zero-order valence-electron chi connectivity index (χ0n) is 4.24. The zero-order chi connectivity index (χ0) is 4.12. The smallest absolute Gasteiger partial charge is 0 e. The molecule has 0 amide bonds. The van der Waals surface area contributed by atoms with Crippen molar-refractivity contribution >= 4 is 0 Å². The molecular weight excluding hydrogens is 112 g/mol. The molecule has 0 heterocycles. The molecule has 0 fully saturated rings. The molecule has 0 rings (SSSR count). The molecule has 6 heavy (non-hydrogen) atoms. The zero-order valence-corrected chi connectivity index (χ0v) is 5.51. The van der Waals surface area contributed by atoms with Gasteiger partial charge in [0.05, 0.1) is 0 Å². The Morgan fingerprint density at radius 2 is 2.00 bits per heavy atom. The van der Waals surface area contributed by atoms with Crippen molar-refractivity contribution in [2.75, 3.05) is 0 Å². The van der Waals surface area contributed by atoms with E-state index in [1.165, 1.54) is 12.8 Å². The predicted octanol–water partition coefficient (Wildman–Crippen LogP) is 2.01. The quantitative estimate of drug-likeness (QED) is 0.493. The van der Waals surface area contributed by atoms with E-state index in [1.54, 1.807) is 0 Å². The number of hydrogen-bond donors (Lipinski definition) is 0. The molecule has 1 heteroatoms. The van der Waals surface area contributed by atoms with Crippen molar-refractivity contribution in [3.63, 3.8) is 0 Å². The summed E-state index contributed by atoms with van der Waals surface area (Å²) in [5.41, 5.74) is 0. The SMILES string of the molecule is [CH2-]CCCC.[Cr]. The molecule has 0 aromatic rings. The van der Waals surface area contributed by atoms with Crippen LogP contribution in [0.5, 0.6) is 0 Å². The molecular formula is C5H11Cr-. The van der Waals surface area contributed by atoms with Gasteiger partial charge in [0.2, 0.25) is 0 Å².